The van der Waals surface area contributed by atoms with Crippen molar-refractivity contribution in [3.05, 3.63) is 60.0 Å². The average molecular weight is 365 g/mol. The summed E-state index contributed by atoms with van der Waals surface area (Å²) in [6.45, 7) is 7.05. The van der Waals surface area contributed by atoms with Gasteiger partial charge in [0, 0.05) is 36.5 Å². The summed E-state index contributed by atoms with van der Waals surface area (Å²) in [5.41, 5.74) is 0.251. The van der Waals surface area contributed by atoms with Crippen molar-refractivity contribution in [3.8, 4) is 0 Å². The Morgan fingerprint density at radius 1 is 1.38 bits per heavy atom. The van der Waals surface area contributed by atoms with Crippen LogP contribution in [0.15, 0.2) is 42.8 Å². The number of hydrogen-bond donors (Lipinski definition) is 1. The van der Waals surface area contributed by atoms with Gasteiger partial charge >= 0.3 is 0 Å². The third-order valence-electron chi connectivity index (χ3n) is 3.97. The molecule has 1 aromatic carbocycles. The van der Waals surface area contributed by atoms with Gasteiger partial charge in [0.25, 0.3) is 0 Å². The van der Waals surface area contributed by atoms with E-state index in [2.05, 4.69) is 6.58 Å². The Bertz CT molecular complexity index is 749. The monoisotopic (exact) mass is 365 g/mol. The van der Waals surface area contributed by atoms with Gasteiger partial charge in [0.15, 0.2) is 5.76 Å². The van der Waals surface area contributed by atoms with Gasteiger partial charge in [0.1, 0.15) is 18.2 Å². The van der Waals surface area contributed by atoms with Gasteiger partial charge in [0.2, 0.25) is 11.7 Å². The number of aliphatic hydroxyl groups excluding tert-OH is 1. The van der Waals surface area contributed by atoms with Crippen molar-refractivity contribution in [2.45, 2.75) is 26.4 Å². The molecule has 1 N–H and O–H groups in total. The van der Waals surface area contributed by atoms with Gasteiger partial charge < -0.3 is 15.0 Å². The number of rotatable bonds is 6. The first-order valence-corrected chi connectivity index (χ1v) is 8.04. The first-order valence-electron chi connectivity index (χ1n) is 8.04. The number of halogens is 2. The van der Waals surface area contributed by atoms with Crippen LogP contribution in [-0.2, 0) is 16.1 Å². The summed E-state index contributed by atoms with van der Waals surface area (Å²) in [7, 11) is 0. The summed E-state index contributed by atoms with van der Waals surface area (Å²) in [6.07, 6.45) is 2.41. The Hall–Kier alpha value is -2.74. The van der Waals surface area contributed by atoms with E-state index < -0.39 is 23.2 Å². The van der Waals surface area contributed by atoms with Gasteiger partial charge in [-0.05, 0) is 19.9 Å². The molecule has 0 aliphatic carbocycles. The highest BCUT2D eigenvalue weighted by atomic mass is 19.1. The third kappa shape index (κ3) is 4.66. The molecular formula is C18H21F2N3O3. The zero-order valence-corrected chi connectivity index (χ0v) is 14.7. The maximum Gasteiger partial charge on any atom is 0.245 e. The van der Waals surface area contributed by atoms with Crippen LogP contribution in [0.2, 0.25) is 0 Å². The van der Waals surface area contributed by atoms with Crippen molar-refractivity contribution >= 4 is 11.7 Å². The number of ketones is 1. The number of hydrogen-bond acceptors (Lipinski definition) is 5. The molecule has 8 heteroatoms. The smallest absolute Gasteiger partial charge is 0.245 e. The zero-order valence-electron chi connectivity index (χ0n) is 14.7. The predicted octanol–water partition coefficient (Wildman–Crippen LogP) is 2.35. The molecule has 6 nitrogen and oxygen atoms in total. The van der Waals surface area contributed by atoms with E-state index in [1.54, 1.807) is 9.91 Å². The molecule has 1 fully saturated rings. The predicted molar refractivity (Wildman–Crippen MR) is 91.4 cm³/mol. The molecule has 1 heterocycles. The molecule has 0 atom stereocenters. The first-order chi connectivity index (χ1) is 12.2. The van der Waals surface area contributed by atoms with E-state index in [9.17, 15) is 18.4 Å². The lowest BCUT2D eigenvalue weighted by molar-refractivity contribution is -0.158. The molecule has 0 radical (unpaired) electrons. The van der Waals surface area contributed by atoms with Crippen LogP contribution in [0.5, 0.6) is 0 Å². The topological polar surface area (TPSA) is 64.1 Å². The minimum Gasteiger partial charge on any atom is -0.505 e. The lowest BCUT2D eigenvalue weighted by Gasteiger charge is -2.44. The lowest BCUT2D eigenvalue weighted by atomic mass is 10.2. The number of hydrazine groups is 1. The number of carbonyl (C=O) groups is 2. The normalized spacial score (nSPS) is 16.0. The van der Waals surface area contributed by atoms with Gasteiger partial charge in [-0.25, -0.2) is 8.78 Å². The first kappa shape index (κ1) is 19.6. The van der Waals surface area contributed by atoms with E-state index >= 15 is 0 Å². The van der Waals surface area contributed by atoms with E-state index in [0.717, 1.165) is 18.2 Å². The molecular weight excluding hydrogens is 344 g/mol. The Balaban J connectivity index is 2.26. The summed E-state index contributed by atoms with van der Waals surface area (Å²) in [5, 5.41) is 12.2. The van der Waals surface area contributed by atoms with Crippen molar-refractivity contribution in [2.75, 3.05) is 13.2 Å². The highest BCUT2D eigenvalue weighted by Gasteiger charge is 2.30. The molecule has 1 saturated heterocycles. The molecule has 0 spiro atoms. The number of benzene rings is 1. The molecule has 2 rings (SSSR count). The molecule has 0 saturated carbocycles. The van der Waals surface area contributed by atoms with E-state index in [1.165, 1.54) is 17.3 Å². The zero-order chi connectivity index (χ0) is 19.4. The number of carbonyl (C=O) groups excluding carboxylic acids is 2. The van der Waals surface area contributed by atoms with Crippen LogP contribution < -0.4 is 0 Å². The fourth-order valence-corrected chi connectivity index (χ4v) is 2.50. The summed E-state index contributed by atoms with van der Waals surface area (Å²) in [4.78, 5) is 25.4. The highest BCUT2D eigenvalue weighted by Crippen LogP contribution is 2.19. The standard InChI is InChI=1S/C18H21F2N3O3/c1-12(2)23-11-22(9-14-4-5-15(19)8-16(14)20)21(10-18(23)26)7-6-17(25)13(3)24/h4-8,12,24H,3,9-11H2,1-2H3/b7-6-. The molecule has 1 aliphatic heterocycles. The van der Waals surface area contributed by atoms with Gasteiger partial charge in [-0.1, -0.05) is 12.6 Å². The SMILES string of the molecule is C=C(O)C(=O)/C=C\N1CC(=O)N(C(C)C)CN1Cc1ccc(F)cc1F. The van der Waals surface area contributed by atoms with Gasteiger partial charge in [0.05, 0.1) is 6.67 Å². The van der Waals surface area contributed by atoms with E-state index in [-0.39, 0.29) is 37.3 Å². The minimum atomic E-state index is -0.698. The molecule has 0 unspecified atom stereocenters. The van der Waals surface area contributed by atoms with Crippen molar-refractivity contribution in [1.29, 1.82) is 0 Å². The van der Waals surface area contributed by atoms with E-state index in [0.29, 0.717) is 0 Å². The van der Waals surface area contributed by atoms with Crippen LogP contribution in [0.3, 0.4) is 0 Å². The molecule has 0 bridgehead atoms. The second-order valence-electron chi connectivity index (χ2n) is 6.22. The van der Waals surface area contributed by atoms with Crippen LogP contribution in [0.25, 0.3) is 0 Å². The highest BCUT2D eigenvalue weighted by molar-refractivity contribution is 6.01. The van der Waals surface area contributed by atoms with Crippen LogP contribution >= 0.6 is 0 Å². The maximum atomic E-state index is 14.0. The van der Waals surface area contributed by atoms with Crippen molar-refractivity contribution in [1.82, 2.24) is 14.9 Å². The summed E-state index contributed by atoms with van der Waals surface area (Å²) < 4.78 is 27.1. The maximum absolute atomic E-state index is 14.0. The Labute approximate surface area is 150 Å². The molecule has 1 amide bonds. The third-order valence-corrected chi connectivity index (χ3v) is 3.97. The van der Waals surface area contributed by atoms with Crippen LogP contribution in [0, 0.1) is 11.6 Å². The largest absolute Gasteiger partial charge is 0.505 e. The number of amides is 1. The van der Waals surface area contributed by atoms with Gasteiger partial charge in [-0.15, -0.1) is 0 Å². The number of aliphatic hydroxyl groups is 1. The Morgan fingerprint density at radius 2 is 2.08 bits per heavy atom. The fourth-order valence-electron chi connectivity index (χ4n) is 2.50. The second kappa shape index (κ2) is 8.09. The molecule has 140 valence electrons. The van der Waals surface area contributed by atoms with Gasteiger partial charge in [-0.3, -0.25) is 9.59 Å². The minimum absolute atomic E-state index is 0.0529. The van der Waals surface area contributed by atoms with Crippen LogP contribution in [0.1, 0.15) is 19.4 Å². The Kier molecular flexibility index (Phi) is 6.10. The second-order valence-corrected chi connectivity index (χ2v) is 6.22. The molecule has 0 aromatic heterocycles. The Morgan fingerprint density at radius 3 is 2.65 bits per heavy atom. The molecule has 1 aromatic rings. The summed E-state index contributed by atoms with van der Waals surface area (Å²) in [5.74, 6) is -2.84. The van der Waals surface area contributed by atoms with Gasteiger partial charge in [-0.2, -0.15) is 5.01 Å². The van der Waals surface area contributed by atoms with E-state index in [1.807, 2.05) is 13.8 Å². The van der Waals surface area contributed by atoms with Crippen LogP contribution in [0.4, 0.5) is 8.78 Å². The fraction of sp³-hybridized carbons (Fsp3) is 0.333. The molecule has 1 aliphatic rings. The summed E-state index contributed by atoms with van der Waals surface area (Å²) in [6, 6.07) is 3.23. The summed E-state index contributed by atoms with van der Waals surface area (Å²) >= 11 is 0. The number of nitrogens with zero attached hydrogens (tertiary/aromatic N) is 3. The quantitative estimate of drug-likeness (QED) is 0.619. The van der Waals surface area contributed by atoms with Crippen LogP contribution in [-0.4, -0.2) is 51.0 Å². The van der Waals surface area contributed by atoms with Crippen molar-refractivity contribution < 1.29 is 23.5 Å². The number of allylic oxidation sites excluding steroid dienone is 1. The van der Waals surface area contributed by atoms with E-state index in [4.69, 9.17) is 5.11 Å². The average Bonchev–Trinajstić information content (AvgIpc) is 2.56. The van der Waals surface area contributed by atoms with Crippen molar-refractivity contribution in [3.63, 3.8) is 0 Å². The lowest BCUT2D eigenvalue weighted by Crippen LogP contribution is -2.58. The molecule has 26 heavy (non-hydrogen) atoms. The van der Waals surface area contributed by atoms with Crippen molar-refractivity contribution in [2.24, 2.45) is 0 Å².